The summed E-state index contributed by atoms with van der Waals surface area (Å²) in [6, 6.07) is 11.2. The smallest absolute Gasteiger partial charge is 0.268 e. The van der Waals surface area contributed by atoms with Crippen molar-refractivity contribution in [3.05, 3.63) is 57.8 Å². The van der Waals surface area contributed by atoms with Crippen LogP contribution in [0.1, 0.15) is 54.5 Å². The first-order valence-electron chi connectivity index (χ1n) is 7.10. The topological polar surface area (TPSA) is 57.8 Å². The van der Waals surface area contributed by atoms with Crippen molar-refractivity contribution in [2.45, 2.75) is 32.9 Å². The van der Waals surface area contributed by atoms with Gasteiger partial charge < -0.3 is 9.88 Å². The fourth-order valence-corrected chi connectivity index (χ4v) is 2.69. The lowest BCUT2D eigenvalue weighted by Crippen LogP contribution is -2.28. The van der Waals surface area contributed by atoms with Gasteiger partial charge in [-0.05, 0) is 60.5 Å². The average Bonchev–Trinajstić information content (AvgIpc) is 2.89. The van der Waals surface area contributed by atoms with E-state index in [0.717, 1.165) is 10.0 Å². The van der Waals surface area contributed by atoms with Crippen molar-refractivity contribution in [1.82, 2.24) is 9.88 Å². The molecule has 1 unspecified atom stereocenters. The van der Waals surface area contributed by atoms with Crippen molar-refractivity contribution in [2.24, 2.45) is 0 Å². The Hall–Kier alpha value is -2.06. The highest BCUT2D eigenvalue weighted by Gasteiger charge is 2.17. The number of carbonyl (C=O) groups excluding carboxylic acids is 1. The van der Waals surface area contributed by atoms with Gasteiger partial charge in [0.25, 0.3) is 5.91 Å². The highest BCUT2D eigenvalue weighted by molar-refractivity contribution is 9.10. The highest BCUT2D eigenvalue weighted by Crippen LogP contribution is 2.21. The van der Waals surface area contributed by atoms with Crippen LogP contribution in [-0.2, 0) is 0 Å². The largest absolute Gasteiger partial charge is 0.344 e. The van der Waals surface area contributed by atoms with Crippen LogP contribution in [0.2, 0.25) is 0 Å². The lowest BCUT2D eigenvalue weighted by molar-refractivity contribution is 0.0929. The van der Waals surface area contributed by atoms with Crippen LogP contribution in [-0.4, -0.2) is 10.5 Å². The van der Waals surface area contributed by atoms with Crippen molar-refractivity contribution in [2.75, 3.05) is 0 Å². The summed E-state index contributed by atoms with van der Waals surface area (Å²) >= 11 is 3.42. The van der Waals surface area contributed by atoms with E-state index in [4.69, 9.17) is 5.26 Å². The van der Waals surface area contributed by atoms with Gasteiger partial charge in [0.1, 0.15) is 5.69 Å². The zero-order valence-corrected chi connectivity index (χ0v) is 14.4. The summed E-state index contributed by atoms with van der Waals surface area (Å²) in [7, 11) is 0. The first-order valence-corrected chi connectivity index (χ1v) is 7.90. The maximum Gasteiger partial charge on any atom is 0.268 e. The molecule has 5 heteroatoms. The molecule has 0 saturated heterocycles. The molecule has 22 heavy (non-hydrogen) atoms. The van der Waals surface area contributed by atoms with Crippen molar-refractivity contribution < 1.29 is 4.79 Å². The van der Waals surface area contributed by atoms with Gasteiger partial charge in [-0.25, -0.2) is 0 Å². The monoisotopic (exact) mass is 359 g/mol. The maximum absolute atomic E-state index is 12.5. The zero-order valence-electron chi connectivity index (χ0n) is 12.8. The van der Waals surface area contributed by atoms with Gasteiger partial charge in [-0.15, -0.1) is 0 Å². The summed E-state index contributed by atoms with van der Waals surface area (Å²) in [6.07, 6.45) is 1.91. The van der Waals surface area contributed by atoms with Crippen LogP contribution >= 0.6 is 15.9 Å². The van der Waals surface area contributed by atoms with Gasteiger partial charge in [-0.3, -0.25) is 4.79 Å². The van der Waals surface area contributed by atoms with Gasteiger partial charge in [0.2, 0.25) is 0 Å². The minimum atomic E-state index is -0.130. The van der Waals surface area contributed by atoms with E-state index < -0.39 is 0 Å². The molecule has 2 rings (SSSR count). The van der Waals surface area contributed by atoms with E-state index in [1.807, 2.05) is 49.7 Å². The highest BCUT2D eigenvalue weighted by atomic mass is 79.9. The number of carbonyl (C=O) groups is 1. The zero-order chi connectivity index (χ0) is 16.3. The van der Waals surface area contributed by atoms with Crippen LogP contribution in [0.3, 0.4) is 0 Å². The fraction of sp³-hybridized carbons (Fsp3) is 0.294. The quantitative estimate of drug-likeness (QED) is 0.889. The van der Waals surface area contributed by atoms with Crippen molar-refractivity contribution >= 4 is 21.8 Å². The Labute approximate surface area is 138 Å². The summed E-state index contributed by atoms with van der Waals surface area (Å²) < 4.78 is 2.82. The molecule has 0 saturated carbocycles. The minimum Gasteiger partial charge on any atom is -0.344 e. The Balaban J connectivity index is 2.16. The molecule has 1 atom stereocenters. The molecule has 0 radical (unpaired) electrons. The van der Waals surface area contributed by atoms with Crippen molar-refractivity contribution in [3.63, 3.8) is 0 Å². The Morgan fingerprint density at radius 3 is 2.45 bits per heavy atom. The summed E-state index contributed by atoms with van der Waals surface area (Å²) in [4.78, 5) is 12.5. The molecule has 1 aromatic carbocycles. The number of aromatic nitrogens is 1. The molecule has 1 amide bonds. The van der Waals surface area contributed by atoms with E-state index in [1.165, 1.54) is 0 Å². The second-order valence-electron chi connectivity index (χ2n) is 5.47. The van der Waals surface area contributed by atoms with Crippen LogP contribution < -0.4 is 5.32 Å². The third-order valence-corrected chi connectivity index (χ3v) is 3.93. The second kappa shape index (κ2) is 6.80. The van der Waals surface area contributed by atoms with Gasteiger partial charge in [0.05, 0.1) is 17.7 Å². The molecule has 0 bridgehead atoms. The molecular weight excluding hydrogens is 342 g/mol. The SMILES string of the molecule is CC(NC(=O)c1cc(Br)cn1C(C)C)c1ccc(C#N)cc1. The number of nitriles is 1. The number of benzene rings is 1. The molecule has 0 aliphatic heterocycles. The van der Waals surface area contributed by atoms with Crippen LogP contribution in [0.5, 0.6) is 0 Å². The average molecular weight is 360 g/mol. The summed E-state index contributed by atoms with van der Waals surface area (Å²) in [5.41, 5.74) is 2.20. The molecule has 114 valence electrons. The van der Waals surface area contributed by atoms with Crippen LogP contribution in [0.15, 0.2) is 41.0 Å². The summed E-state index contributed by atoms with van der Waals surface area (Å²) in [5.74, 6) is -0.115. The van der Waals surface area contributed by atoms with E-state index in [1.54, 1.807) is 12.1 Å². The Bertz CT molecular complexity index is 710. The van der Waals surface area contributed by atoms with Crippen LogP contribution in [0, 0.1) is 11.3 Å². The van der Waals surface area contributed by atoms with Gasteiger partial charge in [-0.2, -0.15) is 5.26 Å². The Kier molecular flexibility index (Phi) is 5.04. The predicted molar refractivity (Wildman–Crippen MR) is 89.6 cm³/mol. The van der Waals surface area contributed by atoms with Crippen LogP contribution in [0.4, 0.5) is 0 Å². The molecule has 0 aliphatic rings. The molecular formula is C17H18BrN3O. The molecule has 1 aromatic heterocycles. The number of halogens is 1. The summed E-state index contributed by atoms with van der Waals surface area (Å²) in [6.45, 7) is 6.00. The van der Waals surface area contributed by atoms with Gasteiger partial charge in [-0.1, -0.05) is 12.1 Å². The minimum absolute atomic E-state index is 0.115. The third-order valence-electron chi connectivity index (χ3n) is 3.49. The van der Waals surface area contributed by atoms with E-state index in [2.05, 4.69) is 27.3 Å². The van der Waals surface area contributed by atoms with Gasteiger partial charge in [0, 0.05) is 16.7 Å². The number of nitrogens with zero attached hydrogens (tertiary/aromatic N) is 2. The first kappa shape index (κ1) is 16.3. The lowest BCUT2D eigenvalue weighted by Gasteiger charge is -2.17. The molecule has 0 fully saturated rings. The number of amides is 1. The fourth-order valence-electron chi connectivity index (χ4n) is 2.26. The van der Waals surface area contributed by atoms with Gasteiger partial charge >= 0.3 is 0 Å². The van der Waals surface area contributed by atoms with E-state index in [0.29, 0.717) is 11.3 Å². The van der Waals surface area contributed by atoms with Crippen molar-refractivity contribution in [3.8, 4) is 6.07 Å². The van der Waals surface area contributed by atoms with Crippen molar-refractivity contribution in [1.29, 1.82) is 5.26 Å². The second-order valence-corrected chi connectivity index (χ2v) is 6.39. The Morgan fingerprint density at radius 1 is 1.27 bits per heavy atom. The number of rotatable bonds is 4. The molecule has 1 heterocycles. The van der Waals surface area contributed by atoms with Crippen LogP contribution in [0.25, 0.3) is 0 Å². The maximum atomic E-state index is 12.5. The number of hydrogen-bond acceptors (Lipinski definition) is 2. The lowest BCUT2D eigenvalue weighted by atomic mass is 10.1. The first-order chi connectivity index (χ1) is 10.4. The molecule has 1 N–H and O–H groups in total. The van der Waals surface area contributed by atoms with E-state index in [-0.39, 0.29) is 18.0 Å². The molecule has 0 aliphatic carbocycles. The summed E-state index contributed by atoms with van der Waals surface area (Å²) in [5, 5.41) is 11.8. The molecule has 0 spiro atoms. The predicted octanol–water partition coefficient (Wildman–Crippen LogP) is 4.19. The Morgan fingerprint density at radius 2 is 1.91 bits per heavy atom. The number of nitrogens with one attached hydrogen (secondary N) is 1. The van der Waals surface area contributed by atoms with Gasteiger partial charge in [0.15, 0.2) is 0 Å². The normalized spacial score (nSPS) is 12.0. The molecule has 2 aromatic rings. The molecule has 4 nitrogen and oxygen atoms in total. The third kappa shape index (κ3) is 3.58. The van der Waals surface area contributed by atoms with E-state index in [9.17, 15) is 4.79 Å². The number of hydrogen-bond donors (Lipinski definition) is 1. The van der Waals surface area contributed by atoms with E-state index >= 15 is 0 Å². The standard InChI is InChI=1S/C17H18BrN3O/c1-11(2)21-10-15(18)8-16(21)17(22)20-12(3)14-6-4-13(9-19)5-7-14/h4-8,10-12H,1-3H3,(H,20,22).